The van der Waals surface area contributed by atoms with Gasteiger partial charge in [0, 0.05) is 24.6 Å². The van der Waals surface area contributed by atoms with E-state index in [1.807, 2.05) is 84.9 Å². The van der Waals surface area contributed by atoms with E-state index in [2.05, 4.69) is 28.2 Å². The average molecular weight is 466 g/mol. The highest BCUT2D eigenvalue weighted by molar-refractivity contribution is 5.88. The molecular weight excluding hydrogens is 436 g/mol. The predicted molar refractivity (Wildman–Crippen MR) is 137 cm³/mol. The van der Waals surface area contributed by atoms with E-state index in [9.17, 15) is 9.59 Å². The average Bonchev–Trinajstić information content (AvgIpc) is 2.90. The molecule has 0 unspecified atom stereocenters. The van der Waals surface area contributed by atoms with Gasteiger partial charge in [0.05, 0.1) is 5.69 Å². The molecule has 0 bridgehead atoms. The quantitative estimate of drug-likeness (QED) is 0.353. The van der Waals surface area contributed by atoms with Crippen LogP contribution in [-0.2, 0) is 22.4 Å². The first-order valence-corrected chi connectivity index (χ1v) is 11.6. The van der Waals surface area contributed by atoms with Gasteiger partial charge in [0.15, 0.2) is 6.04 Å². The normalized spacial score (nSPS) is 12.5. The minimum Gasteiger partial charge on any atom is -0.368 e. The Morgan fingerprint density at radius 2 is 1.31 bits per heavy atom. The summed E-state index contributed by atoms with van der Waals surface area (Å²) in [6.07, 6.45) is 2.43. The third-order valence-corrected chi connectivity index (χ3v) is 5.91. The second-order valence-electron chi connectivity index (χ2n) is 8.55. The smallest absolute Gasteiger partial charge is 0.279 e. The fourth-order valence-corrected chi connectivity index (χ4v) is 3.91. The van der Waals surface area contributed by atoms with Crippen molar-refractivity contribution in [2.24, 2.45) is 5.73 Å². The largest absolute Gasteiger partial charge is 0.368 e. The number of aromatic nitrogens is 1. The topological polar surface area (TPSA) is 113 Å². The second-order valence-corrected chi connectivity index (χ2v) is 8.55. The Labute approximate surface area is 205 Å². The summed E-state index contributed by atoms with van der Waals surface area (Å²) in [6.45, 7) is 0. The van der Waals surface area contributed by atoms with Gasteiger partial charge in [0.25, 0.3) is 5.91 Å². The van der Waals surface area contributed by atoms with E-state index >= 15 is 0 Å². The van der Waals surface area contributed by atoms with Gasteiger partial charge < -0.3 is 16.8 Å². The number of carbonyl (C=O) groups excluding carboxylic acids is 2. The minimum atomic E-state index is -0.836. The zero-order valence-corrected chi connectivity index (χ0v) is 19.4. The van der Waals surface area contributed by atoms with Crippen molar-refractivity contribution in [3.8, 4) is 22.4 Å². The lowest BCUT2D eigenvalue weighted by Gasteiger charge is -2.17. The molecule has 0 spiro atoms. The van der Waals surface area contributed by atoms with Crippen molar-refractivity contribution in [2.45, 2.75) is 24.9 Å². The van der Waals surface area contributed by atoms with Crippen LogP contribution in [0.25, 0.3) is 22.4 Å². The Kier molecular flexibility index (Phi) is 7.65. The van der Waals surface area contributed by atoms with Gasteiger partial charge >= 0.3 is 0 Å². The monoisotopic (exact) mass is 465 g/mol. The van der Waals surface area contributed by atoms with Gasteiger partial charge in [-0.15, -0.1) is 0 Å². The molecule has 0 fully saturated rings. The third kappa shape index (κ3) is 6.40. The lowest BCUT2D eigenvalue weighted by molar-refractivity contribution is -0.403. The zero-order chi connectivity index (χ0) is 24.6. The van der Waals surface area contributed by atoms with Crippen LogP contribution in [0.5, 0.6) is 0 Å². The van der Waals surface area contributed by atoms with Gasteiger partial charge in [0.2, 0.25) is 5.91 Å². The number of nitrogens with zero attached hydrogens (tertiary/aromatic N) is 1. The molecule has 0 saturated heterocycles. The summed E-state index contributed by atoms with van der Waals surface area (Å²) in [5.74, 6) is -0.903. The first-order chi connectivity index (χ1) is 17.0. The number of hydrogen-bond donors (Lipinski definition) is 3. The van der Waals surface area contributed by atoms with Crippen molar-refractivity contribution >= 4 is 11.8 Å². The Balaban J connectivity index is 1.35. The number of carbonyl (C=O) groups is 2. The highest BCUT2D eigenvalue weighted by Crippen LogP contribution is 2.20. The van der Waals surface area contributed by atoms with Gasteiger partial charge in [-0.05, 0) is 28.3 Å². The second kappa shape index (κ2) is 11.2. The molecule has 35 heavy (non-hydrogen) atoms. The molecule has 176 valence electrons. The van der Waals surface area contributed by atoms with Crippen molar-refractivity contribution in [2.75, 3.05) is 0 Å². The standard InChI is InChI=1S/C29H28N4O2/c30-25(17-20-11-14-23(15-12-20)22-7-3-1-4-8-22)29(35)33-27(28(31)34)18-21-13-16-26(32-19-21)24-9-5-2-6-10-24/h1-16,19,25,27H,17-18,30H2,(H2,31,34)(H,33,35)/p+1/t25-,27-/m0/s1. The van der Waals surface area contributed by atoms with Crippen molar-refractivity contribution in [3.63, 3.8) is 0 Å². The number of amides is 2. The molecule has 0 aliphatic carbocycles. The minimum absolute atomic E-state index is 0.266. The molecule has 0 radical (unpaired) electrons. The van der Waals surface area contributed by atoms with Crippen LogP contribution in [0, 0.1) is 0 Å². The van der Waals surface area contributed by atoms with Crippen LogP contribution in [0.15, 0.2) is 103 Å². The summed E-state index contributed by atoms with van der Waals surface area (Å²) < 4.78 is 0. The summed E-state index contributed by atoms with van der Waals surface area (Å²) in [5.41, 5.74) is 15.5. The molecule has 2 atom stereocenters. The van der Waals surface area contributed by atoms with Crippen LogP contribution in [0.2, 0.25) is 0 Å². The Bertz CT molecular complexity index is 1260. The molecular formula is C29H29N4O2+. The number of quaternary nitrogens is 1. The van der Waals surface area contributed by atoms with E-state index in [0.717, 1.165) is 33.5 Å². The fourth-order valence-electron chi connectivity index (χ4n) is 3.91. The van der Waals surface area contributed by atoms with Crippen molar-refractivity contribution in [1.82, 2.24) is 10.3 Å². The summed E-state index contributed by atoms with van der Waals surface area (Å²) in [4.78, 5) is 29.3. The van der Waals surface area contributed by atoms with Crippen LogP contribution >= 0.6 is 0 Å². The molecule has 6 heteroatoms. The number of pyridine rings is 1. The predicted octanol–water partition coefficient (Wildman–Crippen LogP) is 2.78. The van der Waals surface area contributed by atoms with Crippen molar-refractivity contribution < 1.29 is 15.3 Å². The number of primary amides is 1. The van der Waals surface area contributed by atoms with E-state index in [-0.39, 0.29) is 12.3 Å². The fraction of sp³-hybridized carbons (Fsp3) is 0.138. The summed E-state index contributed by atoms with van der Waals surface area (Å²) >= 11 is 0. The highest BCUT2D eigenvalue weighted by atomic mass is 16.2. The van der Waals surface area contributed by atoms with Crippen molar-refractivity contribution in [1.29, 1.82) is 0 Å². The maximum absolute atomic E-state index is 12.8. The number of benzene rings is 3. The number of nitrogens with two attached hydrogens (primary N) is 1. The molecule has 1 heterocycles. The molecule has 0 aliphatic rings. The van der Waals surface area contributed by atoms with E-state index in [1.165, 1.54) is 0 Å². The van der Waals surface area contributed by atoms with E-state index in [1.54, 1.807) is 6.20 Å². The number of nitrogens with one attached hydrogen (secondary N) is 1. The Morgan fingerprint density at radius 3 is 1.89 bits per heavy atom. The van der Waals surface area contributed by atoms with Crippen LogP contribution < -0.4 is 16.8 Å². The Morgan fingerprint density at radius 1 is 0.743 bits per heavy atom. The molecule has 3 aromatic carbocycles. The molecule has 6 nitrogen and oxygen atoms in total. The molecule has 2 amide bonds. The number of hydrogen-bond acceptors (Lipinski definition) is 3. The molecule has 6 N–H and O–H groups in total. The highest BCUT2D eigenvalue weighted by Gasteiger charge is 2.24. The van der Waals surface area contributed by atoms with Gasteiger partial charge in [-0.2, -0.15) is 0 Å². The first kappa shape index (κ1) is 23.9. The third-order valence-electron chi connectivity index (χ3n) is 5.91. The first-order valence-electron chi connectivity index (χ1n) is 11.6. The summed E-state index contributed by atoms with van der Waals surface area (Å²) in [6, 6.07) is 30.4. The lowest BCUT2D eigenvalue weighted by atomic mass is 10.00. The molecule has 0 saturated carbocycles. The maximum atomic E-state index is 12.8. The zero-order valence-electron chi connectivity index (χ0n) is 19.4. The van der Waals surface area contributed by atoms with Crippen LogP contribution in [0.1, 0.15) is 11.1 Å². The molecule has 4 rings (SSSR count). The van der Waals surface area contributed by atoms with Gasteiger partial charge in [-0.25, -0.2) is 0 Å². The summed E-state index contributed by atoms with van der Waals surface area (Å²) in [5, 5.41) is 2.76. The number of rotatable bonds is 9. The molecule has 4 aromatic rings. The summed E-state index contributed by atoms with van der Waals surface area (Å²) in [7, 11) is 0. The molecule has 0 aliphatic heterocycles. The maximum Gasteiger partial charge on any atom is 0.279 e. The van der Waals surface area contributed by atoms with Crippen LogP contribution in [0.4, 0.5) is 0 Å². The van der Waals surface area contributed by atoms with Gasteiger partial charge in [-0.3, -0.25) is 14.6 Å². The van der Waals surface area contributed by atoms with Crippen molar-refractivity contribution in [3.05, 3.63) is 114 Å². The van der Waals surface area contributed by atoms with Crippen LogP contribution in [0.3, 0.4) is 0 Å². The molecule has 1 aromatic heterocycles. The van der Waals surface area contributed by atoms with E-state index < -0.39 is 18.0 Å². The van der Waals surface area contributed by atoms with Gasteiger partial charge in [0.1, 0.15) is 6.04 Å². The van der Waals surface area contributed by atoms with E-state index in [0.29, 0.717) is 6.42 Å². The lowest BCUT2D eigenvalue weighted by Crippen LogP contribution is -2.69. The Hall–Kier alpha value is -4.29. The van der Waals surface area contributed by atoms with E-state index in [4.69, 9.17) is 5.73 Å². The SMILES string of the molecule is NC(=O)[C@H](Cc1ccc(-c2ccccc2)nc1)NC(=O)[C@@H]([NH3+])Cc1ccc(-c2ccccc2)cc1. The van der Waals surface area contributed by atoms with Crippen LogP contribution in [-0.4, -0.2) is 28.9 Å². The van der Waals surface area contributed by atoms with Gasteiger partial charge in [-0.1, -0.05) is 91.0 Å².